The van der Waals surface area contributed by atoms with Crippen LogP contribution in [0.25, 0.3) is 0 Å². The van der Waals surface area contributed by atoms with E-state index in [9.17, 15) is 18.7 Å². The Kier molecular flexibility index (Phi) is 4.37. The largest absolute Gasteiger partial charge is 0.386 e. The zero-order valence-electron chi connectivity index (χ0n) is 10.4. The minimum absolute atomic E-state index is 0.0681. The van der Waals surface area contributed by atoms with Crippen molar-refractivity contribution in [1.29, 1.82) is 0 Å². The van der Waals surface area contributed by atoms with Gasteiger partial charge in [0.05, 0.1) is 6.10 Å². The predicted octanol–water partition coefficient (Wildman–Crippen LogP) is 1.82. The van der Waals surface area contributed by atoms with Crippen molar-refractivity contribution in [1.82, 2.24) is 10.3 Å². The summed E-state index contributed by atoms with van der Waals surface area (Å²) >= 11 is 0. The van der Waals surface area contributed by atoms with Gasteiger partial charge in [0.15, 0.2) is 0 Å². The van der Waals surface area contributed by atoms with Gasteiger partial charge in [0.2, 0.25) is 0 Å². The number of rotatable bonds is 4. The molecule has 0 radical (unpaired) electrons. The molecule has 4 nitrogen and oxygen atoms in total. The third-order valence-electron chi connectivity index (χ3n) is 2.72. The number of aliphatic hydroxyl groups is 1. The van der Waals surface area contributed by atoms with Gasteiger partial charge in [0, 0.05) is 36.1 Å². The van der Waals surface area contributed by atoms with Gasteiger partial charge in [-0.25, -0.2) is 8.78 Å². The van der Waals surface area contributed by atoms with E-state index >= 15 is 0 Å². The maximum atomic E-state index is 13.4. The molecule has 1 heterocycles. The molecule has 2 N–H and O–H groups in total. The van der Waals surface area contributed by atoms with Crippen molar-refractivity contribution in [3.05, 3.63) is 65.5 Å². The van der Waals surface area contributed by atoms with E-state index in [1.54, 1.807) is 0 Å². The minimum Gasteiger partial charge on any atom is -0.386 e. The SMILES string of the molecule is O=C(NCC(O)c1ccc(F)cc1F)c1ccncc1. The number of aromatic nitrogens is 1. The summed E-state index contributed by atoms with van der Waals surface area (Å²) in [6.45, 7) is -0.177. The Morgan fingerprint density at radius 2 is 1.95 bits per heavy atom. The lowest BCUT2D eigenvalue weighted by molar-refractivity contribution is 0.0914. The molecule has 1 aromatic carbocycles. The third-order valence-corrected chi connectivity index (χ3v) is 2.72. The van der Waals surface area contributed by atoms with Crippen LogP contribution in [-0.4, -0.2) is 22.5 Å². The van der Waals surface area contributed by atoms with Crippen molar-refractivity contribution in [2.24, 2.45) is 0 Å². The maximum absolute atomic E-state index is 13.4. The number of pyridine rings is 1. The molecule has 0 fully saturated rings. The molecule has 20 heavy (non-hydrogen) atoms. The first-order valence-electron chi connectivity index (χ1n) is 5.89. The van der Waals surface area contributed by atoms with E-state index in [0.717, 1.165) is 12.1 Å². The molecule has 1 atom stereocenters. The average Bonchev–Trinajstić information content (AvgIpc) is 2.45. The van der Waals surface area contributed by atoms with Crippen molar-refractivity contribution in [2.45, 2.75) is 6.10 Å². The highest BCUT2D eigenvalue weighted by molar-refractivity contribution is 5.93. The zero-order valence-corrected chi connectivity index (χ0v) is 10.4. The highest BCUT2D eigenvalue weighted by Gasteiger charge is 2.15. The van der Waals surface area contributed by atoms with Gasteiger partial charge in [-0.2, -0.15) is 0 Å². The van der Waals surface area contributed by atoms with Gasteiger partial charge in [0.1, 0.15) is 11.6 Å². The van der Waals surface area contributed by atoms with Crippen molar-refractivity contribution >= 4 is 5.91 Å². The van der Waals surface area contributed by atoms with E-state index < -0.39 is 23.6 Å². The average molecular weight is 278 g/mol. The van der Waals surface area contributed by atoms with E-state index in [4.69, 9.17) is 0 Å². The van der Waals surface area contributed by atoms with Crippen molar-refractivity contribution < 1.29 is 18.7 Å². The van der Waals surface area contributed by atoms with E-state index in [1.165, 1.54) is 24.5 Å². The lowest BCUT2D eigenvalue weighted by Gasteiger charge is -2.13. The van der Waals surface area contributed by atoms with Crippen molar-refractivity contribution in [2.75, 3.05) is 6.54 Å². The molecular formula is C14H12F2N2O2. The van der Waals surface area contributed by atoms with Crippen LogP contribution in [0.15, 0.2) is 42.7 Å². The normalized spacial score (nSPS) is 11.9. The number of amides is 1. The monoisotopic (exact) mass is 278 g/mol. The molecule has 0 saturated carbocycles. The van der Waals surface area contributed by atoms with Gasteiger partial charge in [-0.3, -0.25) is 9.78 Å². The molecule has 2 rings (SSSR count). The molecule has 0 aliphatic rings. The van der Waals surface area contributed by atoms with Gasteiger partial charge < -0.3 is 10.4 Å². The lowest BCUT2D eigenvalue weighted by Crippen LogP contribution is -2.28. The predicted molar refractivity (Wildman–Crippen MR) is 67.9 cm³/mol. The molecule has 0 bridgehead atoms. The molecule has 104 valence electrons. The van der Waals surface area contributed by atoms with E-state index in [1.807, 2.05) is 0 Å². The number of hydrogen-bond donors (Lipinski definition) is 2. The molecule has 6 heteroatoms. The molecule has 1 amide bonds. The summed E-state index contributed by atoms with van der Waals surface area (Å²) in [6.07, 6.45) is 1.68. The quantitative estimate of drug-likeness (QED) is 0.896. The number of carbonyl (C=O) groups excluding carboxylic acids is 1. The molecule has 2 aromatic rings. The van der Waals surface area contributed by atoms with Gasteiger partial charge >= 0.3 is 0 Å². The van der Waals surface area contributed by atoms with Crippen LogP contribution >= 0.6 is 0 Å². The second kappa shape index (κ2) is 6.21. The number of hydrogen-bond acceptors (Lipinski definition) is 3. The third kappa shape index (κ3) is 3.36. The fourth-order valence-corrected chi connectivity index (χ4v) is 1.68. The first kappa shape index (κ1) is 14.1. The molecule has 0 spiro atoms. The van der Waals surface area contributed by atoms with Crippen LogP contribution in [0.1, 0.15) is 22.0 Å². The summed E-state index contributed by atoms with van der Waals surface area (Å²) in [7, 11) is 0. The van der Waals surface area contributed by atoms with Crippen LogP contribution in [0.4, 0.5) is 8.78 Å². The second-order valence-corrected chi connectivity index (χ2v) is 4.13. The van der Waals surface area contributed by atoms with Crippen LogP contribution in [0.5, 0.6) is 0 Å². The van der Waals surface area contributed by atoms with E-state index in [2.05, 4.69) is 10.3 Å². The van der Waals surface area contributed by atoms with Crippen LogP contribution in [0.2, 0.25) is 0 Å². The molecule has 1 aromatic heterocycles. The van der Waals surface area contributed by atoms with Crippen LogP contribution in [0.3, 0.4) is 0 Å². The summed E-state index contributed by atoms with van der Waals surface area (Å²) in [5.41, 5.74) is 0.313. The standard InChI is InChI=1S/C14H12F2N2O2/c15-10-1-2-11(12(16)7-10)13(19)8-18-14(20)9-3-5-17-6-4-9/h1-7,13,19H,8H2,(H,18,20). The molecule has 0 aliphatic heterocycles. The Bertz CT molecular complexity index is 605. The number of aliphatic hydroxyl groups excluding tert-OH is 1. The Balaban J connectivity index is 1.98. The summed E-state index contributed by atoms with van der Waals surface area (Å²) in [5.74, 6) is -1.98. The Labute approximate surface area is 114 Å². The Morgan fingerprint density at radius 3 is 2.60 bits per heavy atom. The van der Waals surface area contributed by atoms with Gasteiger partial charge in [-0.1, -0.05) is 6.07 Å². The highest BCUT2D eigenvalue weighted by atomic mass is 19.1. The lowest BCUT2D eigenvalue weighted by atomic mass is 10.1. The summed E-state index contributed by atoms with van der Waals surface area (Å²) in [4.78, 5) is 15.5. The van der Waals surface area contributed by atoms with Gasteiger partial charge in [-0.15, -0.1) is 0 Å². The smallest absolute Gasteiger partial charge is 0.251 e. The Morgan fingerprint density at radius 1 is 1.25 bits per heavy atom. The topological polar surface area (TPSA) is 62.2 Å². The number of benzene rings is 1. The van der Waals surface area contributed by atoms with Crippen LogP contribution < -0.4 is 5.32 Å². The number of halogens is 2. The van der Waals surface area contributed by atoms with E-state index in [0.29, 0.717) is 11.6 Å². The molecule has 0 aliphatic carbocycles. The fraction of sp³-hybridized carbons (Fsp3) is 0.143. The number of nitrogens with zero attached hydrogens (tertiary/aromatic N) is 1. The molecule has 1 unspecified atom stereocenters. The van der Waals surface area contributed by atoms with Crippen LogP contribution in [-0.2, 0) is 0 Å². The van der Waals surface area contributed by atoms with Gasteiger partial charge in [0.25, 0.3) is 5.91 Å². The summed E-state index contributed by atoms with van der Waals surface area (Å²) in [5, 5.41) is 12.3. The molecule has 0 saturated heterocycles. The van der Waals surface area contributed by atoms with Crippen molar-refractivity contribution in [3.8, 4) is 0 Å². The van der Waals surface area contributed by atoms with Crippen LogP contribution in [0, 0.1) is 11.6 Å². The second-order valence-electron chi connectivity index (χ2n) is 4.13. The first-order chi connectivity index (χ1) is 9.58. The van der Waals surface area contributed by atoms with Gasteiger partial charge in [-0.05, 0) is 18.2 Å². The summed E-state index contributed by atoms with van der Waals surface area (Å²) < 4.78 is 26.2. The number of nitrogens with one attached hydrogen (secondary N) is 1. The zero-order chi connectivity index (χ0) is 14.5. The summed E-state index contributed by atoms with van der Waals surface area (Å²) in [6, 6.07) is 5.91. The first-order valence-corrected chi connectivity index (χ1v) is 5.89. The number of carbonyl (C=O) groups is 1. The molecular weight excluding hydrogens is 266 g/mol. The maximum Gasteiger partial charge on any atom is 0.251 e. The Hall–Kier alpha value is -2.34. The van der Waals surface area contributed by atoms with Crippen molar-refractivity contribution in [3.63, 3.8) is 0 Å². The minimum atomic E-state index is -1.25. The highest BCUT2D eigenvalue weighted by Crippen LogP contribution is 2.17. The van der Waals surface area contributed by atoms with E-state index in [-0.39, 0.29) is 12.1 Å². The fourth-order valence-electron chi connectivity index (χ4n) is 1.68.